The molecule has 0 saturated carbocycles. The zero-order valence-electron chi connectivity index (χ0n) is 43.1. The summed E-state index contributed by atoms with van der Waals surface area (Å²) in [6.45, 7) is 36.2. The fourth-order valence-electron chi connectivity index (χ4n) is 12.4. The molecule has 6 aromatic carbocycles. The van der Waals surface area contributed by atoms with Gasteiger partial charge in [0.2, 0.25) is 0 Å². The Kier molecular flexibility index (Phi) is 9.51. The van der Waals surface area contributed by atoms with Crippen LogP contribution in [0.1, 0.15) is 135 Å². The van der Waals surface area contributed by atoms with Crippen molar-refractivity contribution in [3.8, 4) is 11.1 Å². The maximum Gasteiger partial charge on any atom is 0.297 e. The number of anilines is 6. The molecule has 0 radical (unpaired) electrons. The van der Waals surface area contributed by atoms with Crippen LogP contribution in [0.5, 0.6) is 0 Å². The quantitative estimate of drug-likeness (QED) is 0.164. The highest BCUT2D eigenvalue weighted by Gasteiger charge is 2.49. The maximum absolute atomic E-state index is 7.65. The van der Waals surface area contributed by atoms with E-state index in [1.165, 1.54) is 107 Å². The minimum atomic E-state index is -1.67. The molecule has 2 aliphatic heterocycles. The van der Waals surface area contributed by atoms with Crippen LogP contribution in [0.15, 0.2) is 114 Å². The zero-order valence-corrected chi connectivity index (χ0v) is 44.1. The van der Waals surface area contributed by atoms with Crippen LogP contribution in [-0.2, 0) is 27.1 Å². The molecule has 0 saturated heterocycles. The molecule has 5 heteroatoms. The van der Waals surface area contributed by atoms with Crippen molar-refractivity contribution in [3.63, 3.8) is 0 Å². The summed E-state index contributed by atoms with van der Waals surface area (Å²) >= 11 is 0. The van der Waals surface area contributed by atoms with Gasteiger partial charge in [0.15, 0.2) is 0 Å². The van der Waals surface area contributed by atoms with Crippen molar-refractivity contribution in [1.29, 1.82) is 0 Å². The van der Waals surface area contributed by atoms with E-state index in [1.807, 2.05) is 0 Å². The van der Waals surface area contributed by atoms with Gasteiger partial charge in [0.25, 0.3) is 6.71 Å². The van der Waals surface area contributed by atoms with Gasteiger partial charge in [-0.1, -0.05) is 162 Å². The van der Waals surface area contributed by atoms with Crippen molar-refractivity contribution < 1.29 is 4.42 Å². The zero-order chi connectivity index (χ0) is 47.5. The van der Waals surface area contributed by atoms with Crippen molar-refractivity contribution >= 4 is 81.7 Å². The van der Waals surface area contributed by atoms with E-state index in [2.05, 4.69) is 222 Å². The molecule has 0 unspecified atom stereocenters. The third-order valence-electron chi connectivity index (χ3n) is 16.9. The third-order valence-corrected chi connectivity index (χ3v) is 19.0. The molecule has 0 atom stereocenters. The smallest absolute Gasteiger partial charge is 0.297 e. The second-order valence-corrected chi connectivity index (χ2v) is 30.7. The summed E-state index contributed by atoms with van der Waals surface area (Å²) in [6, 6.07) is 43.2. The minimum absolute atomic E-state index is 0.0484. The lowest BCUT2D eigenvalue weighted by atomic mass is 9.35. The average Bonchev–Trinajstić information content (AvgIpc) is 3.64. The van der Waals surface area contributed by atoms with Crippen LogP contribution in [0.2, 0.25) is 19.6 Å². The summed E-state index contributed by atoms with van der Waals surface area (Å²) in [7, 11) is -1.67. The molecular formula is C62H71BN2OSi. The lowest BCUT2D eigenvalue weighted by Crippen LogP contribution is -2.61. The van der Waals surface area contributed by atoms with Crippen LogP contribution < -0.4 is 31.6 Å². The first-order chi connectivity index (χ1) is 31.4. The van der Waals surface area contributed by atoms with Gasteiger partial charge in [-0.15, -0.1) is 0 Å². The van der Waals surface area contributed by atoms with E-state index in [9.17, 15) is 0 Å². The Labute approximate surface area is 403 Å². The normalized spacial score (nSPS) is 18.5. The Balaban J connectivity index is 1.27. The van der Waals surface area contributed by atoms with Crippen LogP contribution in [0, 0.1) is 6.92 Å². The van der Waals surface area contributed by atoms with E-state index >= 15 is 0 Å². The highest BCUT2D eigenvalue weighted by Crippen LogP contribution is 2.54. The molecule has 0 N–H and O–H groups in total. The Bertz CT molecular complexity index is 3190. The number of nitrogens with zero attached hydrogens (tertiary/aromatic N) is 2. The number of hydrogen-bond donors (Lipinski definition) is 0. The summed E-state index contributed by atoms with van der Waals surface area (Å²) in [4.78, 5) is 5.26. The second-order valence-electron chi connectivity index (χ2n) is 25.7. The lowest BCUT2D eigenvalue weighted by Gasteiger charge is -2.45. The molecule has 0 fully saturated rings. The van der Waals surface area contributed by atoms with E-state index in [0.29, 0.717) is 0 Å². The van der Waals surface area contributed by atoms with Crippen molar-refractivity contribution in [2.24, 2.45) is 0 Å². The van der Waals surface area contributed by atoms with Gasteiger partial charge >= 0.3 is 0 Å². The minimum Gasteiger partial charge on any atom is -0.468 e. The number of benzene rings is 6. The molecule has 4 aliphatic rings. The van der Waals surface area contributed by atoms with Crippen LogP contribution in [0.25, 0.3) is 22.1 Å². The number of fused-ring (bicyclic) bond motifs is 8. The highest BCUT2D eigenvalue weighted by atomic mass is 28.3. The largest absolute Gasteiger partial charge is 0.468 e. The Morgan fingerprint density at radius 2 is 1.15 bits per heavy atom. The molecule has 342 valence electrons. The SMILES string of the molecule is Cc1cc2c3c(c1)N(c1ccc4c(c1)C(C)(C)CCC4(C)C)c1c(oc4cc5c(cc14)C(C)(C)CCC5(C)C)B3c1cc(C(C)(C)C)ccc1N2c1ccc([Si](C)(C)C)cc1-c1ccccc1. The van der Waals surface area contributed by atoms with E-state index in [4.69, 9.17) is 4.42 Å². The maximum atomic E-state index is 7.65. The van der Waals surface area contributed by atoms with Crippen LogP contribution in [0.3, 0.4) is 0 Å². The van der Waals surface area contributed by atoms with Gasteiger partial charge in [-0.3, -0.25) is 0 Å². The summed E-state index contributed by atoms with van der Waals surface area (Å²) in [5, 5.41) is 2.68. The van der Waals surface area contributed by atoms with Crippen molar-refractivity contribution in [3.05, 3.63) is 143 Å². The third kappa shape index (κ3) is 6.79. The van der Waals surface area contributed by atoms with Crippen LogP contribution in [-0.4, -0.2) is 14.8 Å². The van der Waals surface area contributed by atoms with Gasteiger partial charge < -0.3 is 14.2 Å². The fourth-order valence-corrected chi connectivity index (χ4v) is 13.6. The monoisotopic (exact) mass is 899 g/mol. The average molecular weight is 899 g/mol. The fraction of sp³-hybridized carbons (Fsp3) is 0.387. The first kappa shape index (κ1) is 44.3. The number of furan rings is 1. The second kappa shape index (κ2) is 14.4. The Morgan fingerprint density at radius 1 is 0.567 bits per heavy atom. The number of aryl methyl sites for hydroxylation is 1. The molecule has 3 heterocycles. The molecule has 0 spiro atoms. The number of rotatable bonds is 4. The van der Waals surface area contributed by atoms with Gasteiger partial charge in [-0.25, -0.2) is 0 Å². The first-order valence-corrected chi connectivity index (χ1v) is 28.7. The molecule has 11 rings (SSSR count). The van der Waals surface area contributed by atoms with Gasteiger partial charge in [-0.05, 0) is 158 Å². The summed E-state index contributed by atoms with van der Waals surface area (Å²) in [5.74, 6) is 0. The summed E-state index contributed by atoms with van der Waals surface area (Å²) in [5.41, 5.74) is 23.1. The summed E-state index contributed by atoms with van der Waals surface area (Å²) in [6.07, 6.45) is 4.67. The Morgan fingerprint density at radius 3 is 1.78 bits per heavy atom. The predicted molar refractivity (Wildman–Crippen MR) is 293 cm³/mol. The number of hydrogen-bond acceptors (Lipinski definition) is 3. The Hall–Kier alpha value is -5.26. The molecule has 67 heavy (non-hydrogen) atoms. The lowest BCUT2D eigenvalue weighted by molar-refractivity contribution is 0.332. The topological polar surface area (TPSA) is 19.6 Å². The van der Waals surface area contributed by atoms with Gasteiger partial charge in [0, 0.05) is 33.7 Å². The molecule has 1 aromatic heterocycles. The molecule has 7 aromatic rings. The molecule has 0 bridgehead atoms. The van der Waals surface area contributed by atoms with Crippen LogP contribution >= 0.6 is 0 Å². The van der Waals surface area contributed by atoms with E-state index in [0.717, 1.165) is 30.5 Å². The molecule has 3 nitrogen and oxygen atoms in total. The van der Waals surface area contributed by atoms with Gasteiger partial charge in [0.1, 0.15) is 5.58 Å². The first-order valence-electron chi connectivity index (χ1n) is 25.2. The van der Waals surface area contributed by atoms with Crippen molar-refractivity contribution in [1.82, 2.24) is 0 Å². The van der Waals surface area contributed by atoms with E-state index in [-0.39, 0.29) is 33.8 Å². The molecule has 2 aliphatic carbocycles. The molecular weight excluding hydrogens is 828 g/mol. The van der Waals surface area contributed by atoms with Crippen molar-refractivity contribution in [2.75, 3.05) is 9.80 Å². The van der Waals surface area contributed by atoms with Gasteiger partial charge in [-0.2, -0.15) is 0 Å². The molecule has 0 amide bonds. The van der Waals surface area contributed by atoms with Crippen LogP contribution in [0.4, 0.5) is 34.1 Å². The standard InChI is InChI=1S/C62H71BN2OSi/c1-38-31-52-55-53(32-38)65(50-26-23-42(67(13,14)15)35-43(50)39-19-17-16-18-20-39)51-25-21-40(58(2,3)4)33-49(51)63(55)57-56(44-36-47-48(37-54(44)66-57)62(11,12)30-29-61(47,9)10)64(52)41-22-24-45-46(34-41)60(7,8)28-27-59(45,5)6/h16-26,31-37H,27-30H2,1-15H3. The predicted octanol–water partition coefficient (Wildman–Crippen LogP) is 15.0. The van der Waals surface area contributed by atoms with E-state index in [1.54, 1.807) is 0 Å². The highest BCUT2D eigenvalue weighted by molar-refractivity contribution is 7.00. The van der Waals surface area contributed by atoms with Crippen molar-refractivity contribution in [2.45, 2.75) is 155 Å². The summed E-state index contributed by atoms with van der Waals surface area (Å²) < 4.78 is 7.65. The van der Waals surface area contributed by atoms with Gasteiger partial charge in [0.05, 0.1) is 25.1 Å². The van der Waals surface area contributed by atoms with E-state index < -0.39 is 8.07 Å².